The SMILES string of the molecule is CNP(=O)(SC(C)C)N(C)C=O. The fraction of sp³-hybridized carbons (Fsp3) is 0.833. The Morgan fingerprint density at radius 3 is 2.33 bits per heavy atom. The van der Waals surface area contributed by atoms with Gasteiger partial charge in [-0.1, -0.05) is 25.2 Å². The second-order valence-corrected chi connectivity index (χ2v) is 7.97. The van der Waals surface area contributed by atoms with Crippen molar-refractivity contribution in [1.29, 1.82) is 0 Å². The van der Waals surface area contributed by atoms with Crippen molar-refractivity contribution in [3.05, 3.63) is 0 Å². The molecule has 0 saturated heterocycles. The predicted molar refractivity (Wildman–Crippen MR) is 53.2 cm³/mol. The van der Waals surface area contributed by atoms with Crippen LogP contribution >= 0.6 is 18.0 Å². The van der Waals surface area contributed by atoms with E-state index in [-0.39, 0.29) is 5.25 Å². The molecule has 1 amide bonds. The summed E-state index contributed by atoms with van der Waals surface area (Å²) in [5.74, 6) is 0. The van der Waals surface area contributed by atoms with E-state index in [2.05, 4.69) is 5.09 Å². The van der Waals surface area contributed by atoms with Gasteiger partial charge in [0.15, 0.2) is 0 Å². The Labute approximate surface area is 77.3 Å². The van der Waals surface area contributed by atoms with Crippen molar-refractivity contribution in [2.24, 2.45) is 0 Å². The van der Waals surface area contributed by atoms with Gasteiger partial charge in [-0.05, 0) is 7.05 Å². The molecule has 0 saturated carbocycles. The fourth-order valence-electron chi connectivity index (χ4n) is 0.633. The molecule has 72 valence electrons. The van der Waals surface area contributed by atoms with E-state index >= 15 is 0 Å². The van der Waals surface area contributed by atoms with Gasteiger partial charge >= 0.3 is 0 Å². The summed E-state index contributed by atoms with van der Waals surface area (Å²) in [6.45, 7) is 1.16. The lowest BCUT2D eigenvalue weighted by atomic mass is 10.6. The van der Waals surface area contributed by atoms with Crippen molar-refractivity contribution < 1.29 is 9.36 Å². The highest BCUT2D eigenvalue weighted by Crippen LogP contribution is 2.57. The third-order valence-corrected chi connectivity index (χ3v) is 6.84. The molecule has 1 unspecified atom stereocenters. The van der Waals surface area contributed by atoms with Crippen LogP contribution in [0.3, 0.4) is 0 Å². The molecule has 6 heteroatoms. The number of carbonyl (C=O) groups excluding carboxylic acids is 1. The summed E-state index contributed by atoms with van der Waals surface area (Å²) in [7, 11) is 3.11. The zero-order valence-electron chi connectivity index (χ0n) is 7.77. The molecule has 0 rings (SSSR count). The summed E-state index contributed by atoms with van der Waals surface area (Å²) >= 11 is 1.27. The maximum Gasteiger partial charge on any atom is 0.294 e. The zero-order chi connectivity index (χ0) is 9.78. The van der Waals surface area contributed by atoms with Gasteiger partial charge in [0.2, 0.25) is 6.41 Å². The van der Waals surface area contributed by atoms with Crippen molar-refractivity contribution in [2.45, 2.75) is 19.1 Å². The van der Waals surface area contributed by atoms with E-state index in [9.17, 15) is 9.36 Å². The summed E-state index contributed by atoms with van der Waals surface area (Å²) in [6.07, 6.45) is 0.576. The van der Waals surface area contributed by atoms with Crippen molar-refractivity contribution in [3.63, 3.8) is 0 Å². The molecule has 4 nitrogen and oxygen atoms in total. The van der Waals surface area contributed by atoms with Crippen molar-refractivity contribution in [2.75, 3.05) is 14.1 Å². The van der Waals surface area contributed by atoms with Gasteiger partial charge in [-0.25, -0.2) is 5.09 Å². The average Bonchev–Trinajstić information content (AvgIpc) is 2.01. The van der Waals surface area contributed by atoms with Crippen molar-refractivity contribution in [3.8, 4) is 0 Å². The molecule has 12 heavy (non-hydrogen) atoms. The first-order valence-corrected chi connectivity index (χ1v) is 6.76. The zero-order valence-corrected chi connectivity index (χ0v) is 9.48. The number of carbonyl (C=O) groups is 1. The van der Waals surface area contributed by atoms with E-state index in [0.717, 1.165) is 0 Å². The van der Waals surface area contributed by atoms with Gasteiger partial charge in [0.1, 0.15) is 0 Å². The van der Waals surface area contributed by atoms with Gasteiger partial charge in [0, 0.05) is 12.3 Å². The first-order valence-electron chi connectivity index (χ1n) is 3.62. The van der Waals surface area contributed by atoms with E-state index in [4.69, 9.17) is 0 Å². The van der Waals surface area contributed by atoms with Crippen LogP contribution in [-0.2, 0) is 9.36 Å². The van der Waals surface area contributed by atoms with Crippen molar-refractivity contribution >= 4 is 24.4 Å². The van der Waals surface area contributed by atoms with Gasteiger partial charge < -0.3 is 0 Å². The quantitative estimate of drug-likeness (QED) is 0.552. The minimum Gasteiger partial charge on any atom is -0.279 e. The lowest BCUT2D eigenvalue weighted by molar-refractivity contribution is -0.113. The summed E-state index contributed by atoms with van der Waals surface area (Å²) in [5.41, 5.74) is 0. The van der Waals surface area contributed by atoms with Crippen LogP contribution in [0.2, 0.25) is 0 Å². The van der Waals surface area contributed by atoms with E-state index in [1.165, 1.54) is 23.1 Å². The predicted octanol–water partition coefficient (Wildman–Crippen LogP) is 1.54. The molecule has 0 radical (unpaired) electrons. The van der Waals surface area contributed by atoms with E-state index in [0.29, 0.717) is 6.41 Å². The third-order valence-electron chi connectivity index (χ3n) is 1.20. The highest BCUT2D eigenvalue weighted by molar-refractivity contribution is 8.57. The lowest BCUT2D eigenvalue weighted by Crippen LogP contribution is -2.19. The van der Waals surface area contributed by atoms with Crippen LogP contribution in [0.15, 0.2) is 0 Å². The molecule has 0 fully saturated rings. The fourth-order valence-corrected chi connectivity index (χ4v) is 4.49. The molecule has 0 aromatic rings. The highest BCUT2D eigenvalue weighted by Gasteiger charge is 2.26. The molecule has 0 bridgehead atoms. The lowest BCUT2D eigenvalue weighted by Gasteiger charge is -2.24. The Bertz CT molecular complexity index is 198. The molecule has 0 aliphatic heterocycles. The summed E-state index contributed by atoms with van der Waals surface area (Å²) < 4.78 is 13.1. The smallest absolute Gasteiger partial charge is 0.279 e. The molecule has 0 aliphatic carbocycles. The largest absolute Gasteiger partial charge is 0.294 e. The standard InChI is InChI=1S/C6H15N2O2PS/c1-6(2)12-11(10,7-3)8(4)5-9/h5-6H,1-4H3,(H,7,10). The summed E-state index contributed by atoms with van der Waals surface area (Å²) in [4.78, 5) is 10.4. The molecule has 1 atom stereocenters. The highest BCUT2D eigenvalue weighted by atomic mass is 32.7. The Balaban J connectivity index is 4.44. The number of nitrogens with one attached hydrogen (secondary N) is 1. The molecular weight excluding hydrogens is 195 g/mol. The number of hydrogen-bond donors (Lipinski definition) is 1. The van der Waals surface area contributed by atoms with Crippen LogP contribution in [-0.4, -0.2) is 30.4 Å². The topological polar surface area (TPSA) is 49.4 Å². The van der Waals surface area contributed by atoms with Crippen molar-refractivity contribution in [1.82, 2.24) is 9.76 Å². The van der Waals surface area contributed by atoms with Gasteiger partial charge in [-0.3, -0.25) is 14.0 Å². The number of rotatable bonds is 5. The first kappa shape index (κ1) is 12.0. The summed E-state index contributed by atoms with van der Waals surface area (Å²) in [6, 6.07) is 0. The maximum absolute atomic E-state index is 11.9. The molecule has 0 heterocycles. The van der Waals surface area contributed by atoms with Crippen LogP contribution in [0.1, 0.15) is 13.8 Å². The van der Waals surface area contributed by atoms with Gasteiger partial charge in [0.05, 0.1) is 0 Å². The number of amides is 1. The molecule has 0 aromatic carbocycles. The molecule has 0 aromatic heterocycles. The van der Waals surface area contributed by atoms with Crippen LogP contribution in [0, 0.1) is 0 Å². The van der Waals surface area contributed by atoms with Crippen LogP contribution in [0.5, 0.6) is 0 Å². The minimum absolute atomic E-state index is 0.227. The Morgan fingerprint density at radius 1 is 1.58 bits per heavy atom. The van der Waals surface area contributed by atoms with Crippen LogP contribution in [0.4, 0.5) is 0 Å². The van der Waals surface area contributed by atoms with Gasteiger partial charge in [-0.2, -0.15) is 0 Å². The Morgan fingerprint density at radius 2 is 2.08 bits per heavy atom. The maximum atomic E-state index is 11.9. The third kappa shape index (κ3) is 3.17. The minimum atomic E-state index is -2.72. The number of nitrogens with zero attached hydrogens (tertiary/aromatic N) is 1. The molecule has 0 aliphatic rings. The van der Waals surface area contributed by atoms with E-state index in [1.807, 2.05) is 13.8 Å². The Kier molecular flexibility index (Phi) is 4.90. The van der Waals surface area contributed by atoms with Crippen LogP contribution < -0.4 is 5.09 Å². The molecule has 1 N–H and O–H groups in total. The van der Waals surface area contributed by atoms with Gasteiger partial charge in [0.25, 0.3) is 6.65 Å². The second kappa shape index (κ2) is 4.90. The molecular formula is C6H15N2O2PS. The Hall–Kier alpha value is 0.0100. The van der Waals surface area contributed by atoms with Crippen LogP contribution in [0.25, 0.3) is 0 Å². The average molecular weight is 210 g/mol. The monoisotopic (exact) mass is 210 g/mol. The van der Waals surface area contributed by atoms with Gasteiger partial charge in [-0.15, -0.1) is 0 Å². The normalized spacial score (nSPS) is 15.8. The molecule has 0 spiro atoms. The first-order chi connectivity index (χ1) is 5.46. The number of hydrogen-bond acceptors (Lipinski definition) is 3. The van der Waals surface area contributed by atoms with E-state index in [1.54, 1.807) is 7.05 Å². The summed E-state index contributed by atoms with van der Waals surface area (Å²) in [5, 5.41) is 2.90. The van der Waals surface area contributed by atoms with E-state index < -0.39 is 6.65 Å². The second-order valence-electron chi connectivity index (χ2n) is 2.58.